The van der Waals surface area contributed by atoms with E-state index in [4.69, 9.17) is 2.74 Å². The number of hydrogen-bond donors (Lipinski definition) is 0. The highest BCUT2D eigenvalue weighted by molar-refractivity contribution is 5.70. The average molecular weight is 1400 g/mol. The summed E-state index contributed by atoms with van der Waals surface area (Å²) in [5.41, 5.74) is 35.4. The number of benzene rings is 5. The number of fused-ring (bicyclic) bond motifs is 17. The quantitative estimate of drug-likeness (QED) is 0.153. The molecular weight excluding hydrogens is 1270 g/mol. The van der Waals surface area contributed by atoms with Crippen molar-refractivity contribution in [1.29, 1.82) is 0 Å². The molecule has 0 amide bonds. The summed E-state index contributed by atoms with van der Waals surface area (Å²) in [4.78, 5) is 0. The molecule has 8 aliphatic rings. The largest absolute Gasteiger partial charge is 0.216 e. The van der Waals surface area contributed by atoms with Crippen LogP contribution in [0.5, 0.6) is 0 Å². The van der Waals surface area contributed by atoms with Crippen LogP contribution >= 0.6 is 0 Å². The van der Waals surface area contributed by atoms with Crippen LogP contribution in [0.15, 0.2) is 183 Å². The van der Waals surface area contributed by atoms with Crippen molar-refractivity contribution in [3.05, 3.63) is 266 Å². The van der Waals surface area contributed by atoms with Gasteiger partial charge in [-0.05, 0) is 234 Å². The summed E-state index contributed by atoms with van der Waals surface area (Å²) in [5.74, 6) is -0.804. The molecule has 5 heteroatoms. The van der Waals surface area contributed by atoms with Gasteiger partial charge < -0.3 is 0 Å². The summed E-state index contributed by atoms with van der Waals surface area (Å²) in [6, 6.07) is 54.7. The molecule has 6 bridgehead atoms. The fourth-order valence-electron chi connectivity index (χ4n) is 21.9. The average Bonchev–Trinajstić information content (AvgIpc) is 1.58. The molecule has 105 heavy (non-hydrogen) atoms. The maximum absolute atomic E-state index is 9.25. The topological polar surface area (TPSA) is 19.4 Å². The molecule has 6 unspecified atom stereocenters. The van der Waals surface area contributed by atoms with Crippen molar-refractivity contribution in [2.75, 3.05) is 0 Å². The van der Waals surface area contributed by atoms with Gasteiger partial charge in [0, 0.05) is 101 Å². The monoisotopic (exact) mass is 1400 g/mol. The first-order valence-electron chi connectivity index (χ1n) is 41.0. The summed E-state index contributed by atoms with van der Waals surface area (Å²) in [6.07, 6.45) is 20.9. The van der Waals surface area contributed by atoms with Crippen LogP contribution in [0, 0.1) is 45.4 Å². The van der Waals surface area contributed by atoms with E-state index in [1.165, 1.54) is 137 Å². The van der Waals surface area contributed by atoms with Crippen LogP contribution in [0.25, 0.3) is 56.3 Å². The van der Waals surface area contributed by atoms with Crippen LogP contribution in [-0.2, 0) is 67.7 Å². The fraction of sp³-hybridized carbons (Fsp3) is 0.450. The molecule has 0 spiro atoms. The SMILES string of the molecule is Cc1ccccc1-c1c2c(cc[n+]1C)C(C)(C)CC2(C)C.Cc1ccccc1-c1cc2c(c[n+]1C)C(C)(C)CC2(C)C.Cc1ccccc1-c1cc2c(c[n+]1C)C1(C)CCC2C1(C)C.[2H]C12CCC(C)(c3c[n+](C)c(-c4ccccc4C)cc31)C2(C)C.[2H]C12CCC([2H])(C1)c1c[n+](C)c(-c3ccccc3C)cc12. The molecule has 544 valence electrons. The van der Waals surface area contributed by atoms with E-state index in [1.54, 1.807) is 11.1 Å². The molecule has 18 rings (SSSR count). The molecule has 0 radical (unpaired) electrons. The normalized spacial score (nSPS) is 25.9. The Morgan fingerprint density at radius 1 is 0.333 bits per heavy atom. The molecular formula is C100H124N5+5. The van der Waals surface area contributed by atoms with Gasteiger partial charge in [-0.3, -0.25) is 0 Å². The summed E-state index contributed by atoms with van der Waals surface area (Å²) in [7, 11) is 10.7. The molecule has 3 fully saturated rings. The standard InChI is InChI=1S/2C21H26N.2C20H26N.C18H20N/c2*1-14-8-6-7-9-15(14)19-12-16-17-10-11-21(4,20(17,2)3)18(16)13-22(19)5;1-14-9-7-8-10-15(14)18-11-16-17(12-21(18)6)20(4,5)13-19(16,2)3;1-14-9-7-8-10-15(14)18-17-16(11-12-21(18)6)19(2,3)13-20(17,4)5;1-12-5-3-4-6-15(12)18-10-16-13-7-8-14(9-13)17(16)11-19(18)2/h2*6-9,12-13,17H,10-11H2,1-5H3;2*7-12H,13H2,1-6H3;3-6,10-11,13-14H,7-9H2,1-2H3/q5*+1/i17D;;;;13D,14D. The van der Waals surface area contributed by atoms with Gasteiger partial charge in [-0.25, -0.2) is 22.8 Å². The van der Waals surface area contributed by atoms with Crippen LogP contribution < -0.4 is 22.8 Å². The molecule has 3 saturated carbocycles. The lowest BCUT2D eigenvalue weighted by Crippen LogP contribution is -2.36. The van der Waals surface area contributed by atoms with E-state index in [0.29, 0.717) is 17.3 Å². The third-order valence-corrected chi connectivity index (χ3v) is 28.2. The van der Waals surface area contributed by atoms with Crippen molar-refractivity contribution in [2.24, 2.45) is 46.1 Å². The minimum atomic E-state index is -0.539. The molecule has 5 aromatic heterocycles. The summed E-state index contributed by atoms with van der Waals surface area (Å²) in [6.45, 7) is 44.3. The number of aromatic nitrogens is 5. The van der Waals surface area contributed by atoms with Gasteiger partial charge in [0.1, 0.15) is 35.2 Å². The van der Waals surface area contributed by atoms with E-state index < -0.39 is 17.7 Å². The van der Waals surface area contributed by atoms with Crippen molar-refractivity contribution in [2.45, 2.75) is 245 Å². The van der Waals surface area contributed by atoms with Gasteiger partial charge in [0.05, 0.1) is 0 Å². The van der Waals surface area contributed by atoms with Gasteiger partial charge in [-0.2, -0.15) is 0 Å². The zero-order valence-corrected chi connectivity index (χ0v) is 68.5. The first-order valence-corrected chi connectivity index (χ1v) is 39.5. The fourth-order valence-corrected chi connectivity index (χ4v) is 21.9. The Kier molecular flexibility index (Phi) is 17.5. The van der Waals surface area contributed by atoms with Gasteiger partial charge in [0.15, 0.2) is 31.0 Å². The lowest BCUT2D eigenvalue weighted by atomic mass is 9.69. The van der Waals surface area contributed by atoms with Crippen LogP contribution in [0.3, 0.4) is 0 Å². The van der Waals surface area contributed by atoms with Crippen LogP contribution in [0.2, 0.25) is 0 Å². The van der Waals surface area contributed by atoms with Crippen LogP contribution in [0.4, 0.5) is 0 Å². The molecule has 5 aromatic carbocycles. The van der Waals surface area contributed by atoms with Crippen LogP contribution in [0.1, 0.15) is 266 Å². The van der Waals surface area contributed by atoms with E-state index in [9.17, 15) is 1.37 Å². The molecule has 5 nitrogen and oxygen atoms in total. The molecule has 0 N–H and O–H groups in total. The second-order valence-electron chi connectivity index (χ2n) is 37.4. The summed E-state index contributed by atoms with van der Waals surface area (Å²) < 4.78 is 38.0. The van der Waals surface area contributed by atoms with Crippen molar-refractivity contribution in [1.82, 2.24) is 0 Å². The Bertz CT molecular complexity index is 5190. The first-order chi connectivity index (χ1) is 50.5. The Labute approximate surface area is 637 Å². The van der Waals surface area contributed by atoms with Gasteiger partial charge in [0.25, 0.3) is 0 Å². The molecule has 0 aliphatic heterocycles. The number of aryl methyl sites for hydroxylation is 10. The highest BCUT2D eigenvalue weighted by Crippen LogP contribution is 2.69. The third kappa shape index (κ3) is 12.2. The predicted molar refractivity (Wildman–Crippen MR) is 436 cm³/mol. The van der Waals surface area contributed by atoms with E-state index in [2.05, 4.69) is 365 Å². The number of rotatable bonds is 5. The summed E-state index contributed by atoms with van der Waals surface area (Å²) in [5, 5.41) is 0. The Morgan fingerprint density at radius 3 is 1.20 bits per heavy atom. The lowest BCUT2D eigenvalue weighted by molar-refractivity contribution is -0.661. The molecule has 8 aliphatic carbocycles. The minimum Gasteiger partial charge on any atom is -0.201 e. The van der Waals surface area contributed by atoms with Crippen molar-refractivity contribution in [3.8, 4) is 56.3 Å². The third-order valence-electron chi connectivity index (χ3n) is 28.2. The van der Waals surface area contributed by atoms with Crippen LogP contribution in [-0.4, -0.2) is 0 Å². The smallest absolute Gasteiger partial charge is 0.201 e. The summed E-state index contributed by atoms with van der Waals surface area (Å²) >= 11 is 0. The van der Waals surface area contributed by atoms with Crippen molar-refractivity contribution >= 4 is 0 Å². The highest BCUT2D eigenvalue weighted by Gasteiger charge is 2.62. The number of hydrogen-bond acceptors (Lipinski definition) is 0. The van der Waals surface area contributed by atoms with Gasteiger partial charge in [-0.15, -0.1) is 0 Å². The zero-order chi connectivity index (χ0) is 78.0. The predicted octanol–water partition coefficient (Wildman–Crippen LogP) is 22.1. The molecule has 6 atom stereocenters. The van der Waals surface area contributed by atoms with E-state index in [-0.39, 0.29) is 32.5 Å². The van der Waals surface area contributed by atoms with Gasteiger partial charge >= 0.3 is 0 Å². The first kappa shape index (κ1) is 69.9. The van der Waals surface area contributed by atoms with Gasteiger partial charge in [0.2, 0.25) is 28.5 Å². The van der Waals surface area contributed by atoms with E-state index in [1.807, 2.05) is 7.05 Å². The molecule has 0 saturated heterocycles. The minimum absolute atomic E-state index is 0.0142. The maximum atomic E-state index is 9.25. The second-order valence-corrected chi connectivity index (χ2v) is 37.4. The van der Waals surface area contributed by atoms with E-state index in [0.717, 1.165) is 48.4 Å². The number of nitrogens with zero attached hydrogens (tertiary/aromatic N) is 5. The second kappa shape index (κ2) is 26.4. The molecule has 5 heterocycles. The van der Waals surface area contributed by atoms with E-state index >= 15 is 0 Å². The number of pyridine rings is 5. The van der Waals surface area contributed by atoms with Crippen molar-refractivity contribution in [3.63, 3.8) is 0 Å². The zero-order valence-electron chi connectivity index (χ0n) is 71.5. The Balaban J connectivity index is 0.000000113. The molecule has 10 aromatic rings. The highest BCUT2D eigenvalue weighted by atomic mass is 15.0. The Morgan fingerprint density at radius 2 is 0.705 bits per heavy atom. The van der Waals surface area contributed by atoms with Gasteiger partial charge in [-0.1, -0.05) is 188 Å². The Hall–Kier alpha value is -8.15. The maximum Gasteiger partial charge on any atom is 0.216 e. The lowest BCUT2D eigenvalue weighted by Gasteiger charge is -2.34. The van der Waals surface area contributed by atoms with Crippen molar-refractivity contribution < 1.29 is 26.9 Å².